The van der Waals surface area contributed by atoms with Crippen LogP contribution in [-0.4, -0.2) is 14.6 Å². The Labute approximate surface area is 84.8 Å². The Morgan fingerprint density at radius 1 is 1.07 bits per heavy atom. The number of hydrogen-bond acceptors (Lipinski definition) is 2. The normalized spacial score (nSPS) is 9.79. The average Bonchev–Trinajstić information content (AvgIpc) is 2.52. The summed E-state index contributed by atoms with van der Waals surface area (Å²) in [5, 5.41) is 8.08. The fourth-order valence-electron chi connectivity index (χ4n) is 1.44. The molecule has 3 heteroatoms. The minimum atomic E-state index is 0.941. The first kappa shape index (κ1) is 10.7. The molecular formula is C11H17N3. The van der Waals surface area contributed by atoms with Gasteiger partial charge in [0, 0.05) is 6.20 Å². The zero-order valence-electron chi connectivity index (χ0n) is 9.50. The third-order valence-electron chi connectivity index (χ3n) is 2.00. The quantitative estimate of drug-likeness (QED) is 0.641. The van der Waals surface area contributed by atoms with Crippen molar-refractivity contribution < 1.29 is 0 Å². The van der Waals surface area contributed by atoms with E-state index >= 15 is 0 Å². The molecule has 0 radical (unpaired) electrons. The standard InChI is InChI=1S/C9H11N3.C2H6/c1-6-4-7(2)9-11-10-8(3)12(9)5-6;1-2/h4-5H,1-3H3;1-2H3. The molecule has 14 heavy (non-hydrogen) atoms. The van der Waals surface area contributed by atoms with E-state index in [4.69, 9.17) is 0 Å². The maximum absolute atomic E-state index is 4.07. The summed E-state index contributed by atoms with van der Waals surface area (Å²) in [7, 11) is 0. The first-order valence-electron chi connectivity index (χ1n) is 4.97. The first-order chi connectivity index (χ1) is 6.68. The first-order valence-corrected chi connectivity index (χ1v) is 4.97. The summed E-state index contributed by atoms with van der Waals surface area (Å²) in [5.41, 5.74) is 3.37. The molecule has 0 saturated carbocycles. The molecule has 0 atom stereocenters. The Bertz CT molecular complexity index is 429. The predicted molar refractivity (Wildman–Crippen MR) is 58.5 cm³/mol. The van der Waals surface area contributed by atoms with Crippen LogP contribution in [0.25, 0.3) is 5.65 Å². The average molecular weight is 191 g/mol. The van der Waals surface area contributed by atoms with Crippen molar-refractivity contribution in [3.8, 4) is 0 Å². The van der Waals surface area contributed by atoms with E-state index in [2.05, 4.69) is 36.3 Å². The van der Waals surface area contributed by atoms with Crippen LogP contribution in [0.4, 0.5) is 0 Å². The monoisotopic (exact) mass is 191 g/mol. The van der Waals surface area contributed by atoms with Gasteiger partial charge in [-0.3, -0.25) is 4.40 Å². The van der Waals surface area contributed by atoms with Crippen LogP contribution in [0.15, 0.2) is 12.3 Å². The van der Waals surface area contributed by atoms with Crippen molar-refractivity contribution in [1.82, 2.24) is 14.6 Å². The maximum atomic E-state index is 4.07. The van der Waals surface area contributed by atoms with E-state index in [9.17, 15) is 0 Å². The van der Waals surface area contributed by atoms with E-state index in [-0.39, 0.29) is 0 Å². The Balaban J connectivity index is 0.000000461. The van der Waals surface area contributed by atoms with Gasteiger partial charge in [-0.15, -0.1) is 10.2 Å². The highest BCUT2D eigenvalue weighted by molar-refractivity contribution is 5.47. The number of hydrogen-bond donors (Lipinski definition) is 0. The predicted octanol–water partition coefficient (Wildman–Crippen LogP) is 2.68. The van der Waals surface area contributed by atoms with Gasteiger partial charge in [0.25, 0.3) is 0 Å². The Kier molecular flexibility index (Phi) is 3.23. The molecule has 0 aliphatic carbocycles. The van der Waals surface area contributed by atoms with Crippen LogP contribution in [0.5, 0.6) is 0 Å². The topological polar surface area (TPSA) is 30.2 Å². The highest BCUT2D eigenvalue weighted by Crippen LogP contribution is 2.10. The number of fused-ring (bicyclic) bond motifs is 1. The minimum absolute atomic E-state index is 0.941. The molecule has 0 amide bonds. The van der Waals surface area contributed by atoms with Crippen LogP contribution in [0.2, 0.25) is 0 Å². The molecule has 0 saturated heterocycles. The van der Waals surface area contributed by atoms with E-state index in [1.54, 1.807) is 0 Å². The molecule has 3 nitrogen and oxygen atoms in total. The number of nitrogens with zero attached hydrogens (tertiary/aromatic N) is 3. The largest absolute Gasteiger partial charge is 0.286 e. The van der Waals surface area contributed by atoms with Gasteiger partial charge in [-0.2, -0.15) is 0 Å². The second-order valence-corrected chi connectivity index (χ2v) is 3.14. The lowest BCUT2D eigenvalue weighted by molar-refractivity contribution is 1.00. The molecular weight excluding hydrogens is 174 g/mol. The van der Waals surface area contributed by atoms with Gasteiger partial charge in [0.1, 0.15) is 5.82 Å². The van der Waals surface area contributed by atoms with Gasteiger partial charge in [-0.25, -0.2) is 0 Å². The van der Waals surface area contributed by atoms with Crippen LogP contribution in [0.3, 0.4) is 0 Å². The summed E-state index contributed by atoms with van der Waals surface area (Å²) < 4.78 is 2.02. The molecule has 0 unspecified atom stereocenters. The van der Waals surface area contributed by atoms with Crippen LogP contribution in [-0.2, 0) is 0 Å². The highest BCUT2D eigenvalue weighted by atomic mass is 15.2. The SMILES string of the molecule is CC.Cc1cc(C)c2nnc(C)n2c1. The lowest BCUT2D eigenvalue weighted by Gasteiger charge is -1.99. The summed E-state index contributed by atoms with van der Waals surface area (Å²) in [6.45, 7) is 10.1. The van der Waals surface area contributed by atoms with Crippen molar-refractivity contribution in [2.45, 2.75) is 34.6 Å². The van der Waals surface area contributed by atoms with E-state index in [1.807, 2.05) is 25.2 Å². The van der Waals surface area contributed by atoms with Crippen molar-refractivity contribution >= 4 is 5.65 Å². The van der Waals surface area contributed by atoms with Gasteiger partial charge in [-0.05, 0) is 31.9 Å². The minimum Gasteiger partial charge on any atom is -0.286 e. The van der Waals surface area contributed by atoms with Crippen LogP contribution < -0.4 is 0 Å². The van der Waals surface area contributed by atoms with Crippen molar-refractivity contribution in [3.05, 3.63) is 29.2 Å². The maximum Gasteiger partial charge on any atom is 0.163 e. The molecule has 0 aliphatic rings. The second-order valence-electron chi connectivity index (χ2n) is 3.14. The van der Waals surface area contributed by atoms with E-state index in [0.717, 1.165) is 11.5 Å². The lowest BCUT2D eigenvalue weighted by Crippen LogP contribution is -1.91. The fraction of sp³-hybridized carbons (Fsp3) is 0.455. The van der Waals surface area contributed by atoms with E-state index in [1.165, 1.54) is 11.1 Å². The van der Waals surface area contributed by atoms with Crippen molar-refractivity contribution in [2.75, 3.05) is 0 Å². The summed E-state index contributed by atoms with van der Waals surface area (Å²) in [6, 6.07) is 2.11. The second kappa shape index (κ2) is 4.22. The van der Waals surface area contributed by atoms with Crippen LogP contribution >= 0.6 is 0 Å². The van der Waals surface area contributed by atoms with Gasteiger partial charge in [0.05, 0.1) is 0 Å². The van der Waals surface area contributed by atoms with Gasteiger partial charge in [0.15, 0.2) is 5.65 Å². The number of aryl methyl sites for hydroxylation is 3. The van der Waals surface area contributed by atoms with Gasteiger partial charge in [0.2, 0.25) is 0 Å². The van der Waals surface area contributed by atoms with Gasteiger partial charge < -0.3 is 0 Å². The summed E-state index contributed by atoms with van der Waals surface area (Å²) in [4.78, 5) is 0. The van der Waals surface area contributed by atoms with E-state index < -0.39 is 0 Å². The van der Waals surface area contributed by atoms with Crippen molar-refractivity contribution in [1.29, 1.82) is 0 Å². The molecule has 76 valence electrons. The summed E-state index contributed by atoms with van der Waals surface area (Å²) in [5.74, 6) is 0.941. The zero-order chi connectivity index (χ0) is 10.7. The van der Waals surface area contributed by atoms with Crippen molar-refractivity contribution in [2.24, 2.45) is 0 Å². The molecule has 0 spiro atoms. The fourth-order valence-corrected chi connectivity index (χ4v) is 1.44. The molecule has 2 rings (SSSR count). The molecule has 0 aromatic carbocycles. The molecule has 0 fully saturated rings. The lowest BCUT2D eigenvalue weighted by atomic mass is 10.2. The van der Waals surface area contributed by atoms with Gasteiger partial charge >= 0.3 is 0 Å². The van der Waals surface area contributed by atoms with Crippen molar-refractivity contribution in [3.63, 3.8) is 0 Å². The summed E-state index contributed by atoms with van der Waals surface area (Å²) in [6.07, 6.45) is 2.05. The molecule has 0 N–H and O–H groups in total. The van der Waals surface area contributed by atoms with E-state index in [0.29, 0.717) is 0 Å². The Morgan fingerprint density at radius 2 is 1.71 bits per heavy atom. The molecule has 0 bridgehead atoms. The zero-order valence-corrected chi connectivity index (χ0v) is 9.50. The van der Waals surface area contributed by atoms with Crippen LogP contribution in [0, 0.1) is 20.8 Å². The number of rotatable bonds is 0. The molecule has 0 aliphatic heterocycles. The van der Waals surface area contributed by atoms with Crippen LogP contribution in [0.1, 0.15) is 30.8 Å². The molecule has 2 aromatic rings. The summed E-state index contributed by atoms with van der Waals surface area (Å²) >= 11 is 0. The van der Waals surface area contributed by atoms with Gasteiger partial charge in [-0.1, -0.05) is 19.9 Å². The number of aromatic nitrogens is 3. The third-order valence-corrected chi connectivity index (χ3v) is 2.00. The highest BCUT2D eigenvalue weighted by Gasteiger charge is 2.02. The third kappa shape index (κ3) is 1.76. The number of pyridine rings is 1. The Morgan fingerprint density at radius 3 is 2.36 bits per heavy atom. The Hall–Kier alpha value is -1.38. The molecule has 2 heterocycles. The smallest absolute Gasteiger partial charge is 0.163 e. The molecule has 2 aromatic heterocycles.